The van der Waals surface area contributed by atoms with E-state index in [-0.39, 0.29) is 11.2 Å². The molecule has 6 nitrogen and oxygen atoms in total. The summed E-state index contributed by atoms with van der Waals surface area (Å²) in [6, 6.07) is 7.30. The molecule has 1 aromatic heterocycles. The van der Waals surface area contributed by atoms with Crippen LogP contribution in [-0.2, 0) is 11.3 Å². The third-order valence-corrected chi connectivity index (χ3v) is 3.20. The zero-order valence-corrected chi connectivity index (χ0v) is 12.4. The lowest BCUT2D eigenvalue weighted by molar-refractivity contribution is 0.182. The molecule has 0 aliphatic carbocycles. The number of benzene rings is 1. The molecule has 0 atom stereocenters. The zero-order valence-electron chi connectivity index (χ0n) is 12.4. The van der Waals surface area contributed by atoms with Crippen molar-refractivity contribution in [3.8, 4) is 17.0 Å². The van der Waals surface area contributed by atoms with Crippen LogP contribution < -0.4 is 16.0 Å². The van der Waals surface area contributed by atoms with E-state index in [4.69, 9.17) is 15.2 Å². The molecule has 0 amide bonds. The highest BCUT2D eigenvalue weighted by molar-refractivity contribution is 5.64. The normalized spacial score (nSPS) is 10.6. The first-order valence-corrected chi connectivity index (χ1v) is 6.58. The molecule has 0 spiro atoms. The van der Waals surface area contributed by atoms with E-state index < -0.39 is 0 Å². The van der Waals surface area contributed by atoms with E-state index >= 15 is 0 Å². The summed E-state index contributed by atoms with van der Waals surface area (Å²) in [4.78, 5) is 11.9. The highest BCUT2D eigenvalue weighted by Crippen LogP contribution is 2.24. The van der Waals surface area contributed by atoms with Crippen LogP contribution in [0.25, 0.3) is 11.3 Å². The molecule has 0 aliphatic rings. The molecule has 0 radical (unpaired) electrons. The van der Waals surface area contributed by atoms with Crippen LogP contribution >= 0.6 is 0 Å². The Bertz CT molecular complexity index is 695. The number of ether oxygens (including phenoxy) is 2. The Morgan fingerprint density at radius 1 is 1.29 bits per heavy atom. The maximum Gasteiger partial charge on any atom is 0.289 e. The largest absolute Gasteiger partial charge is 0.496 e. The average molecular weight is 289 g/mol. The Morgan fingerprint density at radius 3 is 2.67 bits per heavy atom. The highest BCUT2D eigenvalue weighted by Gasteiger charge is 2.09. The topological polar surface area (TPSA) is 79.4 Å². The lowest BCUT2D eigenvalue weighted by atomic mass is 10.1. The maximum atomic E-state index is 11.9. The van der Waals surface area contributed by atoms with Crippen LogP contribution in [0.5, 0.6) is 5.75 Å². The van der Waals surface area contributed by atoms with Gasteiger partial charge >= 0.3 is 0 Å². The standard InChI is InChI=1S/C15H19N3O3/c1-10-8-11(4-5-14(10)21-3)13-9-12(16)15(19)18(17-13)6-7-20-2/h4-5,8-9H,6-7,16H2,1-3H3. The molecule has 0 saturated carbocycles. The van der Waals surface area contributed by atoms with Gasteiger partial charge in [0.25, 0.3) is 5.56 Å². The number of hydrogen-bond acceptors (Lipinski definition) is 5. The zero-order chi connectivity index (χ0) is 15.4. The van der Waals surface area contributed by atoms with Gasteiger partial charge in [-0.25, -0.2) is 4.68 Å². The van der Waals surface area contributed by atoms with Gasteiger partial charge in [-0.15, -0.1) is 0 Å². The van der Waals surface area contributed by atoms with Crippen LogP contribution in [0.1, 0.15) is 5.56 Å². The molecular formula is C15H19N3O3. The van der Waals surface area contributed by atoms with Gasteiger partial charge in [0.05, 0.1) is 26.0 Å². The van der Waals surface area contributed by atoms with Gasteiger partial charge in [-0.05, 0) is 36.8 Å². The summed E-state index contributed by atoms with van der Waals surface area (Å²) in [5.41, 5.74) is 8.17. The van der Waals surface area contributed by atoms with Gasteiger partial charge < -0.3 is 15.2 Å². The fourth-order valence-electron chi connectivity index (χ4n) is 2.07. The molecule has 6 heteroatoms. The van der Waals surface area contributed by atoms with E-state index in [1.54, 1.807) is 20.3 Å². The second-order valence-electron chi connectivity index (χ2n) is 4.69. The first kappa shape index (κ1) is 15.1. The van der Waals surface area contributed by atoms with Crippen molar-refractivity contribution in [2.24, 2.45) is 0 Å². The molecule has 1 aromatic carbocycles. The minimum absolute atomic E-state index is 0.171. The third-order valence-electron chi connectivity index (χ3n) is 3.20. The number of hydrogen-bond donors (Lipinski definition) is 1. The first-order chi connectivity index (χ1) is 10.1. The predicted octanol–water partition coefficient (Wildman–Crippen LogP) is 1.46. The number of nitrogens with two attached hydrogens (primary N) is 1. The van der Waals surface area contributed by atoms with Crippen LogP contribution in [0.3, 0.4) is 0 Å². The molecule has 0 aliphatic heterocycles. The fraction of sp³-hybridized carbons (Fsp3) is 0.333. The molecule has 0 fully saturated rings. The van der Waals surface area contributed by atoms with Crippen molar-refractivity contribution in [1.82, 2.24) is 9.78 Å². The van der Waals surface area contributed by atoms with Crippen molar-refractivity contribution < 1.29 is 9.47 Å². The van der Waals surface area contributed by atoms with Crippen molar-refractivity contribution in [2.45, 2.75) is 13.5 Å². The van der Waals surface area contributed by atoms with E-state index in [0.29, 0.717) is 18.8 Å². The second-order valence-corrected chi connectivity index (χ2v) is 4.69. The Kier molecular flexibility index (Phi) is 4.59. The van der Waals surface area contributed by atoms with Crippen molar-refractivity contribution in [3.05, 3.63) is 40.2 Å². The molecule has 0 bridgehead atoms. The number of anilines is 1. The number of nitrogen functional groups attached to an aromatic ring is 1. The first-order valence-electron chi connectivity index (χ1n) is 6.58. The summed E-state index contributed by atoms with van der Waals surface area (Å²) in [5, 5.41) is 4.34. The van der Waals surface area contributed by atoms with Crippen LogP contribution in [0.15, 0.2) is 29.1 Å². The lowest BCUT2D eigenvalue weighted by Crippen LogP contribution is -2.27. The van der Waals surface area contributed by atoms with Crippen molar-refractivity contribution >= 4 is 5.69 Å². The monoisotopic (exact) mass is 289 g/mol. The smallest absolute Gasteiger partial charge is 0.289 e. The van der Waals surface area contributed by atoms with Gasteiger partial charge in [0.1, 0.15) is 11.4 Å². The van der Waals surface area contributed by atoms with E-state index in [9.17, 15) is 4.79 Å². The Morgan fingerprint density at radius 2 is 2.05 bits per heavy atom. The van der Waals surface area contributed by atoms with Crippen LogP contribution in [0.4, 0.5) is 5.69 Å². The van der Waals surface area contributed by atoms with Crippen LogP contribution in [0, 0.1) is 6.92 Å². The predicted molar refractivity (Wildman–Crippen MR) is 81.5 cm³/mol. The summed E-state index contributed by atoms with van der Waals surface area (Å²) < 4.78 is 11.5. The van der Waals surface area contributed by atoms with Gasteiger partial charge in [0, 0.05) is 12.7 Å². The van der Waals surface area contributed by atoms with E-state index in [0.717, 1.165) is 16.9 Å². The molecule has 2 rings (SSSR count). The molecule has 0 saturated heterocycles. The number of aryl methyl sites for hydroxylation is 1. The van der Waals surface area contributed by atoms with E-state index in [1.807, 2.05) is 25.1 Å². The summed E-state index contributed by atoms with van der Waals surface area (Å²) in [5.74, 6) is 0.805. The maximum absolute atomic E-state index is 11.9. The van der Waals surface area contributed by atoms with E-state index in [2.05, 4.69) is 5.10 Å². The Labute approximate surface area is 123 Å². The quantitative estimate of drug-likeness (QED) is 0.901. The lowest BCUT2D eigenvalue weighted by Gasteiger charge is -2.10. The van der Waals surface area contributed by atoms with Crippen LogP contribution in [-0.4, -0.2) is 30.6 Å². The van der Waals surface area contributed by atoms with Crippen LogP contribution in [0.2, 0.25) is 0 Å². The Hall–Kier alpha value is -2.34. The molecule has 21 heavy (non-hydrogen) atoms. The third kappa shape index (κ3) is 3.22. The molecule has 1 heterocycles. The number of methoxy groups -OCH3 is 2. The molecule has 2 N–H and O–H groups in total. The number of rotatable bonds is 5. The Balaban J connectivity index is 2.46. The fourth-order valence-corrected chi connectivity index (χ4v) is 2.07. The van der Waals surface area contributed by atoms with Gasteiger partial charge in [-0.3, -0.25) is 4.79 Å². The number of aromatic nitrogens is 2. The van der Waals surface area contributed by atoms with Crippen molar-refractivity contribution in [2.75, 3.05) is 26.6 Å². The van der Waals surface area contributed by atoms with Gasteiger partial charge in [0.15, 0.2) is 0 Å². The summed E-state index contributed by atoms with van der Waals surface area (Å²) in [6.45, 7) is 2.71. The SMILES string of the molecule is COCCn1nc(-c2ccc(OC)c(C)c2)cc(N)c1=O. The highest BCUT2D eigenvalue weighted by atomic mass is 16.5. The van der Waals surface area contributed by atoms with Crippen molar-refractivity contribution in [1.29, 1.82) is 0 Å². The second kappa shape index (κ2) is 6.41. The molecular weight excluding hydrogens is 270 g/mol. The van der Waals surface area contributed by atoms with Gasteiger partial charge in [-0.2, -0.15) is 5.10 Å². The summed E-state index contributed by atoms with van der Waals surface area (Å²) in [7, 11) is 3.20. The summed E-state index contributed by atoms with van der Waals surface area (Å²) >= 11 is 0. The van der Waals surface area contributed by atoms with E-state index in [1.165, 1.54) is 4.68 Å². The minimum atomic E-state index is -0.305. The van der Waals surface area contributed by atoms with Gasteiger partial charge in [0.2, 0.25) is 0 Å². The molecule has 112 valence electrons. The summed E-state index contributed by atoms with van der Waals surface area (Å²) in [6.07, 6.45) is 0. The van der Waals surface area contributed by atoms with Gasteiger partial charge in [-0.1, -0.05) is 0 Å². The molecule has 0 unspecified atom stereocenters. The molecule has 2 aromatic rings. The number of nitrogens with zero attached hydrogens (tertiary/aromatic N) is 2. The minimum Gasteiger partial charge on any atom is -0.496 e. The van der Waals surface area contributed by atoms with Crippen molar-refractivity contribution in [3.63, 3.8) is 0 Å². The average Bonchev–Trinajstić information content (AvgIpc) is 2.48.